The number of hydrogen-bond acceptors (Lipinski definition) is 4. The van der Waals surface area contributed by atoms with Crippen molar-refractivity contribution >= 4 is 11.8 Å². The summed E-state index contributed by atoms with van der Waals surface area (Å²) in [6.07, 6.45) is 4.70. The van der Waals surface area contributed by atoms with Gasteiger partial charge >= 0.3 is 0 Å². The molecule has 6 nitrogen and oxygen atoms in total. The SMILES string of the molecule is CC1(C)CCC(N(C(=O)C(C)(C)C)C2C[C@@H](CN)N(C(=O)C3CN(C(C)(C)C)C[C@H]3c3ccc(F)cc3F)C2)CC1. The topological polar surface area (TPSA) is 69.9 Å². The van der Waals surface area contributed by atoms with Gasteiger partial charge in [0.2, 0.25) is 11.8 Å². The predicted molar refractivity (Wildman–Crippen MR) is 159 cm³/mol. The van der Waals surface area contributed by atoms with Crippen molar-refractivity contribution in [3.8, 4) is 0 Å². The van der Waals surface area contributed by atoms with Crippen LogP contribution in [0.3, 0.4) is 0 Å². The molecule has 2 saturated heterocycles. The molecule has 0 spiro atoms. The Bertz CT molecular complexity index is 1120. The van der Waals surface area contributed by atoms with Gasteiger partial charge in [0.1, 0.15) is 11.6 Å². The molecule has 2 heterocycles. The number of likely N-dealkylation sites (tertiary alicyclic amines) is 2. The van der Waals surface area contributed by atoms with Crippen molar-refractivity contribution < 1.29 is 18.4 Å². The Balaban J connectivity index is 1.63. The minimum absolute atomic E-state index is 0.0450. The number of nitrogens with two attached hydrogens (primary N) is 1. The lowest BCUT2D eigenvalue weighted by Crippen LogP contribution is -2.54. The highest BCUT2D eigenvalue weighted by Gasteiger charge is 2.49. The van der Waals surface area contributed by atoms with Crippen LogP contribution in [0.2, 0.25) is 0 Å². The fraction of sp³-hybridized carbons (Fsp3) is 0.758. The molecule has 4 rings (SSSR count). The number of halogens is 2. The molecule has 2 N–H and O–H groups in total. The highest BCUT2D eigenvalue weighted by molar-refractivity contribution is 5.83. The number of carbonyl (C=O) groups is 2. The van der Waals surface area contributed by atoms with Gasteiger partial charge in [0, 0.05) is 61.2 Å². The molecule has 2 unspecified atom stereocenters. The van der Waals surface area contributed by atoms with Gasteiger partial charge in [0.25, 0.3) is 0 Å². The van der Waals surface area contributed by atoms with Crippen LogP contribution in [-0.4, -0.2) is 76.4 Å². The first-order valence-corrected chi connectivity index (χ1v) is 15.5. The van der Waals surface area contributed by atoms with E-state index in [2.05, 4.69) is 44.4 Å². The summed E-state index contributed by atoms with van der Waals surface area (Å²) in [6, 6.07) is 3.53. The average Bonchev–Trinajstić information content (AvgIpc) is 3.49. The first-order valence-electron chi connectivity index (χ1n) is 15.5. The van der Waals surface area contributed by atoms with E-state index in [4.69, 9.17) is 5.73 Å². The monoisotopic (exact) mass is 574 g/mol. The second kappa shape index (κ2) is 11.6. The lowest BCUT2D eigenvalue weighted by atomic mass is 9.74. The molecular weight excluding hydrogens is 522 g/mol. The summed E-state index contributed by atoms with van der Waals surface area (Å²) in [4.78, 5) is 34.5. The average molecular weight is 575 g/mol. The van der Waals surface area contributed by atoms with Crippen LogP contribution < -0.4 is 5.73 Å². The standard InChI is InChI=1S/C33H52F2N4O2/c1-31(2,3)30(41)39(22-11-13-33(7,8)14-12-22)24-16-23(17-36)38(18-24)29(40)27-20-37(32(4,5)6)19-26(27)25-10-9-21(34)15-28(25)35/h9-10,15,22-24,26-27H,11-14,16-20,36H2,1-8H3/t23-,24?,26-,27?/m0/s1. The smallest absolute Gasteiger partial charge is 0.228 e. The maximum Gasteiger partial charge on any atom is 0.228 e. The first kappa shape index (κ1) is 31.9. The van der Waals surface area contributed by atoms with Gasteiger partial charge in [-0.3, -0.25) is 14.5 Å². The zero-order valence-electron chi connectivity index (χ0n) is 26.5. The second-order valence-electron chi connectivity index (χ2n) is 15.6. The van der Waals surface area contributed by atoms with Crippen LogP contribution in [0.1, 0.15) is 99.0 Å². The zero-order valence-corrected chi connectivity index (χ0v) is 26.5. The van der Waals surface area contributed by atoms with Gasteiger partial charge in [-0.15, -0.1) is 0 Å². The molecule has 230 valence electrons. The van der Waals surface area contributed by atoms with Crippen molar-refractivity contribution in [3.63, 3.8) is 0 Å². The third-order valence-corrected chi connectivity index (χ3v) is 9.87. The molecule has 2 amide bonds. The Labute approximate surface area is 246 Å². The van der Waals surface area contributed by atoms with E-state index < -0.39 is 28.9 Å². The Morgan fingerprint density at radius 1 is 1.00 bits per heavy atom. The summed E-state index contributed by atoms with van der Waals surface area (Å²) in [7, 11) is 0. The van der Waals surface area contributed by atoms with Crippen LogP contribution >= 0.6 is 0 Å². The Morgan fingerprint density at radius 2 is 1.63 bits per heavy atom. The van der Waals surface area contributed by atoms with Gasteiger partial charge in [0.05, 0.1) is 12.0 Å². The summed E-state index contributed by atoms with van der Waals surface area (Å²) in [5.41, 5.74) is 6.18. The van der Waals surface area contributed by atoms with E-state index in [0.717, 1.165) is 31.7 Å². The first-order chi connectivity index (χ1) is 18.9. The predicted octanol–water partition coefficient (Wildman–Crippen LogP) is 5.55. The molecule has 4 atom stereocenters. The molecule has 41 heavy (non-hydrogen) atoms. The zero-order chi connectivity index (χ0) is 30.5. The summed E-state index contributed by atoms with van der Waals surface area (Å²) in [5.74, 6) is -2.03. The fourth-order valence-electron chi connectivity index (χ4n) is 7.20. The van der Waals surface area contributed by atoms with Crippen LogP contribution in [0.25, 0.3) is 0 Å². The minimum atomic E-state index is -0.625. The van der Waals surface area contributed by atoms with Gasteiger partial charge in [-0.25, -0.2) is 8.78 Å². The number of rotatable bonds is 5. The molecule has 1 aromatic carbocycles. The fourth-order valence-corrected chi connectivity index (χ4v) is 7.20. The van der Waals surface area contributed by atoms with Crippen molar-refractivity contribution in [3.05, 3.63) is 35.4 Å². The molecule has 1 saturated carbocycles. The molecule has 1 aromatic rings. The van der Waals surface area contributed by atoms with Gasteiger partial charge in [-0.2, -0.15) is 0 Å². The molecule has 0 radical (unpaired) electrons. The maximum atomic E-state index is 15.1. The Hall–Kier alpha value is -2.06. The van der Waals surface area contributed by atoms with Crippen LogP contribution in [0.15, 0.2) is 18.2 Å². The number of nitrogens with zero attached hydrogens (tertiary/aromatic N) is 3. The molecule has 0 aromatic heterocycles. The minimum Gasteiger partial charge on any atom is -0.336 e. The van der Waals surface area contributed by atoms with E-state index in [1.54, 1.807) is 0 Å². The van der Waals surface area contributed by atoms with Gasteiger partial charge in [-0.1, -0.05) is 40.7 Å². The van der Waals surface area contributed by atoms with Crippen molar-refractivity contribution in [1.29, 1.82) is 0 Å². The van der Waals surface area contributed by atoms with Crippen LogP contribution in [-0.2, 0) is 9.59 Å². The Kier molecular flexibility index (Phi) is 8.98. The van der Waals surface area contributed by atoms with E-state index in [-0.39, 0.29) is 40.9 Å². The molecular formula is C33H52F2N4O2. The highest BCUT2D eigenvalue weighted by atomic mass is 19.1. The molecule has 0 bridgehead atoms. The largest absolute Gasteiger partial charge is 0.336 e. The summed E-state index contributed by atoms with van der Waals surface area (Å²) < 4.78 is 28.9. The molecule has 3 fully saturated rings. The van der Waals surface area contributed by atoms with Crippen LogP contribution in [0, 0.1) is 28.4 Å². The summed E-state index contributed by atoms with van der Waals surface area (Å²) in [6.45, 7) is 18.5. The van der Waals surface area contributed by atoms with E-state index in [1.807, 2.05) is 25.7 Å². The third-order valence-electron chi connectivity index (χ3n) is 9.87. The number of amides is 2. The molecule has 2 aliphatic heterocycles. The summed E-state index contributed by atoms with van der Waals surface area (Å²) >= 11 is 0. The van der Waals surface area contributed by atoms with Crippen molar-refractivity contribution in [2.24, 2.45) is 22.5 Å². The lowest BCUT2D eigenvalue weighted by Gasteiger charge is -2.45. The number of benzene rings is 1. The van der Waals surface area contributed by atoms with Gasteiger partial charge in [-0.05, 0) is 69.9 Å². The quantitative estimate of drug-likeness (QED) is 0.501. The normalized spacial score (nSPS) is 27.8. The maximum absolute atomic E-state index is 15.1. The van der Waals surface area contributed by atoms with Crippen LogP contribution in [0.4, 0.5) is 8.78 Å². The molecule has 1 aliphatic carbocycles. The number of carbonyl (C=O) groups excluding carboxylic acids is 2. The van der Waals surface area contributed by atoms with Gasteiger partial charge in [0.15, 0.2) is 0 Å². The number of hydrogen-bond donors (Lipinski definition) is 1. The molecule has 3 aliphatic rings. The molecule has 8 heteroatoms. The van der Waals surface area contributed by atoms with Crippen molar-refractivity contribution in [2.45, 2.75) is 117 Å². The Morgan fingerprint density at radius 3 is 2.17 bits per heavy atom. The van der Waals surface area contributed by atoms with E-state index in [0.29, 0.717) is 38.2 Å². The lowest BCUT2D eigenvalue weighted by molar-refractivity contribution is -0.147. The summed E-state index contributed by atoms with van der Waals surface area (Å²) in [5, 5.41) is 0. The van der Waals surface area contributed by atoms with Crippen molar-refractivity contribution in [2.75, 3.05) is 26.2 Å². The van der Waals surface area contributed by atoms with E-state index >= 15 is 4.39 Å². The second-order valence-corrected chi connectivity index (χ2v) is 15.6. The van der Waals surface area contributed by atoms with E-state index in [1.165, 1.54) is 12.1 Å². The third kappa shape index (κ3) is 6.79. The van der Waals surface area contributed by atoms with Gasteiger partial charge < -0.3 is 15.5 Å². The van der Waals surface area contributed by atoms with Crippen molar-refractivity contribution in [1.82, 2.24) is 14.7 Å². The van der Waals surface area contributed by atoms with E-state index in [9.17, 15) is 14.0 Å². The highest BCUT2D eigenvalue weighted by Crippen LogP contribution is 2.42. The van der Waals surface area contributed by atoms with Crippen LogP contribution in [0.5, 0.6) is 0 Å².